The highest BCUT2D eigenvalue weighted by Gasteiger charge is 2.33. The van der Waals surface area contributed by atoms with Crippen LogP contribution in [0.4, 0.5) is 4.79 Å². The van der Waals surface area contributed by atoms with E-state index in [9.17, 15) is 9.59 Å². The van der Waals surface area contributed by atoms with Crippen molar-refractivity contribution in [3.8, 4) is 11.5 Å². The number of imide groups is 1. The number of rotatable bonds is 7. The first kappa shape index (κ1) is 22.9. The lowest BCUT2D eigenvalue weighted by atomic mass is 10.1. The van der Waals surface area contributed by atoms with Crippen molar-refractivity contribution in [3.05, 3.63) is 98.6 Å². The van der Waals surface area contributed by atoms with Gasteiger partial charge in [-0.2, -0.15) is 0 Å². The number of nitrogens with one attached hydrogen (secondary N) is 1. The molecule has 0 bridgehead atoms. The summed E-state index contributed by atoms with van der Waals surface area (Å²) in [5.41, 5.74) is 2.55. The van der Waals surface area contributed by atoms with E-state index >= 15 is 0 Å². The zero-order valence-electron chi connectivity index (χ0n) is 17.7. The average Bonchev–Trinajstić information content (AvgIpc) is 3.08. The number of ether oxygens (including phenoxy) is 2. The molecule has 8 heteroatoms. The summed E-state index contributed by atoms with van der Waals surface area (Å²) in [7, 11) is 1.53. The number of urea groups is 1. The van der Waals surface area contributed by atoms with Crippen molar-refractivity contribution in [2.75, 3.05) is 7.11 Å². The van der Waals surface area contributed by atoms with Gasteiger partial charge in [0.15, 0.2) is 11.5 Å². The number of hydrogen-bond acceptors (Lipinski definition) is 4. The maximum Gasteiger partial charge on any atom is 0.329 e. The second-order valence-corrected chi connectivity index (χ2v) is 8.53. The quantitative estimate of drug-likeness (QED) is 0.312. The summed E-state index contributed by atoms with van der Waals surface area (Å²) in [6, 6.07) is 19.8. The van der Waals surface area contributed by atoms with Crippen LogP contribution < -0.4 is 14.8 Å². The molecule has 3 amide bonds. The van der Waals surface area contributed by atoms with Gasteiger partial charge in [-0.15, -0.1) is 0 Å². The average molecular weight is 528 g/mol. The van der Waals surface area contributed by atoms with Gasteiger partial charge in [0.25, 0.3) is 5.91 Å². The molecule has 168 valence electrons. The van der Waals surface area contributed by atoms with Crippen LogP contribution in [0.15, 0.2) is 76.9 Å². The van der Waals surface area contributed by atoms with Crippen LogP contribution in [0.1, 0.15) is 16.7 Å². The van der Waals surface area contributed by atoms with Crippen molar-refractivity contribution in [1.29, 1.82) is 0 Å². The monoisotopic (exact) mass is 526 g/mol. The normalized spacial score (nSPS) is 14.5. The first-order chi connectivity index (χ1) is 16.0. The maximum atomic E-state index is 12.8. The van der Waals surface area contributed by atoms with Gasteiger partial charge in [-0.3, -0.25) is 9.69 Å². The molecule has 33 heavy (non-hydrogen) atoms. The van der Waals surface area contributed by atoms with Gasteiger partial charge >= 0.3 is 6.03 Å². The molecule has 1 aliphatic heterocycles. The van der Waals surface area contributed by atoms with E-state index in [1.165, 1.54) is 12.0 Å². The Morgan fingerprint density at radius 3 is 2.48 bits per heavy atom. The third kappa shape index (κ3) is 5.21. The molecule has 1 fully saturated rings. The molecule has 0 saturated carbocycles. The molecule has 6 nitrogen and oxygen atoms in total. The minimum absolute atomic E-state index is 0.184. The van der Waals surface area contributed by atoms with E-state index in [2.05, 4.69) is 21.2 Å². The van der Waals surface area contributed by atoms with Crippen molar-refractivity contribution in [1.82, 2.24) is 10.2 Å². The smallest absolute Gasteiger partial charge is 0.329 e. The third-order valence-corrected chi connectivity index (χ3v) is 6.13. The van der Waals surface area contributed by atoms with Gasteiger partial charge in [-0.05, 0) is 35.4 Å². The zero-order valence-corrected chi connectivity index (χ0v) is 20.0. The highest BCUT2D eigenvalue weighted by atomic mass is 79.9. The summed E-state index contributed by atoms with van der Waals surface area (Å²) >= 11 is 9.72. The Kier molecular flexibility index (Phi) is 7.01. The number of hydrogen-bond donors (Lipinski definition) is 1. The van der Waals surface area contributed by atoms with E-state index < -0.39 is 11.9 Å². The number of nitrogens with zero attached hydrogens (tertiary/aromatic N) is 1. The SMILES string of the molecule is COc1cc(/C=C2/NC(=O)N(Cc3ccccc3)C2=O)c(Br)cc1OCc1ccccc1Cl. The largest absolute Gasteiger partial charge is 0.493 e. The first-order valence-electron chi connectivity index (χ1n) is 10.1. The lowest BCUT2D eigenvalue weighted by Gasteiger charge is -2.14. The van der Waals surface area contributed by atoms with Crippen LogP contribution in [0.3, 0.4) is 0 Å². The Bertz CT molecular complexity index is 1230. The topological polar surface area (TPSA) is 67.9 Å². The van der Waals surface area contributed by atoms with E-state index in [4.69, 9.17) is 21.1 Å². The van der Waals surface area contributed by atoms with Crippen LogP contribution in [0.2, 0.25) is 5.02 Å². The predicted molar refractivity (Wildman–Crippen MR) is 130 cm³/mol. The Balaban J connectivity index is 1.54. The molecule has 1 aliphatic rings. The Hall–Kier alpha value is -3.29. The van der Waals surface area contributed by atoms with Crippen molar-refractivity contribution < 1.29 is 19.1 Å². The standard InChI is InChI=1S/C25H20BrClN2O4/c1-32-22-12-18(19(26)13-23(22)33-15-17-9-5-6-10-20(17)27)11-21-24(30)29(25(31)28-21)14-16-7-3-2-4-8-16/h2-13H,14-15H2,1H3,(H,28,31)/b21-11+. The molecule has 1 heterocycles. The van der Waals surface area contributed by atoms with Crippen molar-refractivity contribution in [2.24, 2.45) is 0 Å². The molecule has 1 N–H and O–H groups in total. The molecular weight excluding hydrogens is 508 g/mol. The van der Waals surface area contributed by atoms with Crippen LogP contribution in [0, 0.1) is 0 Å². The van der Waals surface area contributed by atoms with E-state index in [0.29, 0.717) is 26.6 Å². The maximum absolute atomic E-state index is 12.8. The van der Waals surface area contributed by atoms with Gasteiger partial charge in [0.1, 0.15) is 12.3 Å². The van der Waals surface area contributed by atoms with Crippen LogP contribution >= 0.6 is 27.5 Å². The molecule has 0 aliphatic carbocycles. The summed E-state index contributed by atoms with van der Waals surface area (Å²) < 4.78 is 12.1. The summed E-state index contributed by atoms with van der Waals surface area (Å²) in [5, 5.41) is 3.26. The van der Waals surface area contributed by atoms with Gasteiger partial charge in [0.2, 0.25) is 0 Å². The van der Waals surface area contributed by atoms with E-state index in [1.54, 1.807) is 24.3 Å². The fraction of sp³-hybridized carbons (Fsp3) is 0.120. The number of halogens is 2. The fourth-order valence-corrected chi connectivity index (χ4v) is 3.97. The molecule has 1 saturated heterocycles. The van der Waals surface area contributed by atoms with Gasteiger partial charge in [0, 0.05) is 15.1 Å². The summed E-state index contributed by atoms with van der Waals surface area (Å²) in [4.78, 5) is 26.4. The minimum Gasteiger partial charge on any atom is -0.493 e. The number of carbonyl (C=O) groups is 2. The number of benzene rings is 3. The summed E-state index contributed by atoms with van der Waals surface area (Å²) in [6.07, 6.45) is 1.61. The first-order valence-corrected chi connectivity index (χ1v) is 11.3. The van der Waals surface area contributed by atoms with E-state index in [-0.39, 0.29) is 18.8 Å². The zero-order chi connectivity index (χ0) is 23.4. The second-order valence-electron chi connectivity index (χ2n) is 7.27. The van der Waals surface area contributed by atoms with Gasteiger partial charge < -0.3 is 14.8 Å². The van der Waals surface area contributed by atoms with Crippen LogP contribution in [-0.2, 0) is 17.9 Å². The summed E-state index contributed by atoms with van der Waals surface area (Å²) in [6.45, 7) is 0.466. The third-order valence-electron chi connectivity index (χ3n) is 5.07. The number of carbonyl (C=O) groups excluding carboxylic acids is 2. The van der Waals surface area contributed by atoms with Crippen LogP contribution in [0.5, 0.6) is 11.5 Å². The molecule has 3 aromatic carbocycles. The Morgan fingerprint density at radius 1 is 1.03 bits per heavy atom. The molecule has 0 aromatic heterocycles. The van der Waals surface area contributed by atoms with E-state index in [1.807, 2.05) is 48.5 Å². The Morgan fingerprint density at radius 2 is 1.76 bits per heavy atom. The minimum atomic E-state index is -0.460. The molecule has 0 radical (unpaired) electrons. The molecule has 3 aromatic rings. The van der Waals surface area contributed by atoms with E-state index in [0.717, 1.165) is 11.1 Å². The Labute approximate surface area is 204 Å². The predicted octanol–water partition coefficient (Wildman–Crippen LogP) is 5.78. The van der Waals surface area contributed by atoms with Crippen molar-refractivity contribution in [2.45, 2.75) is 13.2 Å². The second kappa shape index (κ2) is 10.1. The van der Waals surface area contributed by atoms with Crippen LogP contribution in [0.25, 0.3) is 6.08 Å². The molecule has 4 rings (SSSR count). The van der Waals surface area contributed by atoms with Gasteiger partial charge in [-0.25, -0.2) is 4.79 Å². The number of methoxy groups -OCH3 is 1. The van der Waals surface area contributed by atoms with Gasteiger partial charge in [0.05, 0.1) is 13.7 Å². The lowest BCUT2D eigenvalue weighted by molar-refractivity contribution is -0.123. The van der Waals surface area contributed by atoms with Crippen molar-refractivity contribution in [3.63, 3.8) is 0 Å². The highest BCUT2D eigenvalue weighted by Crippen LogP contribution is 2.35. The lowest BCUT2D eigenvalue weighted by Crippen LogP contribution is -2.30. The molecule has 0 unspecified atom stereocenters. The molecule has 0 spiro atoms. The van der Waals surface area contributed by atoms with Crippen molar-refractivity contribution >= 4 is 45.5 Å². The molecule has 0 atom stereocenters. The number of amides is 3. The molecular formula is C25H20BrClN2O4. The van der Waals surface area contributed by atoms with Crippen LogP contribution in [-0.4, -0.2) is 23.9 Å². The van der Waals surface area contributed by atoms with Gasteiger partial charge in [-0.1, -0.05) is 76.1 Å². The fourth-order valence-electron chi connectivity index (χ4n) is 3.34. The summed E-state index contributed by atoms with van der Waals surface area (Å²) in [5.74, 6) is 0.600. The highest BCUT2D eigenvalue weighted by molar-refractivity contribution is 9.10.